The Labute approximate surface area is 172 Å². The van der Waals surface area contributed by atoms with Gasteiger partial charge in [0.05, 0.1) is 10.6 Å². The van der Waals surface area contributed by atoms with Crippen molar-refractivity contribution in [3.8, 4) is 0 Å². The van der Waals surface area contributed by atoms with E-state index in [1.165, 1.54) is 10.7 Å². The number of benzene rings is 3. The standard InChI is InChI=1S/C22H17ClN4O2/c1-27-20(25-21(28)17-8-4-5-9-18(17)23)13-19(26-27)22(29)24-16-11-10-14-6-2-3-7-15(14)12-16/h2-13H,1H3,(H,24,29)(H,25,28). The van der Waals surface area contributed by atoms with Crippen LogP contribution in [0.4, 0.5) is 11.5 Å². The van der Waals surface area contributed by atoms with Crippen LogP contribution in [0, 0.1) is 0 Å². The molecule has 0 aliphatic rings. The van der Waals surface area contributed by atoms with Crippen molar-refractivity contribution in [2.75, 3.05) is 10.6 Å². The van der Waals surface area contributed by atoms with Crippen LogP contribution in [0.1, 0.15) is 20.8 Å². The molecule has 7 heteroatoms. The molecule has 1 heterocycles. The van der Waals surface area contributed by atoms with Crippen molar-refractivity contribution in [2.24, 2.45) is 7.05 Å². The first-order valence-electron chi connectivity index (χ1n) is 8.91. The lowest BCUT2D eigenvalue weighted by atomic mass is 10.1. The third-order valence-corrected chi connectivity index (χ3v) is 4.81. The average molecular weight is 405 g/mol. The van der Waals surface area contributed by atoms with E-state index in [-0.39, 0.29) is 17.5 Å². The van der Waals surface area contributed by atoms with Crippen LogP contribution in [0.15, 0.2) is 72.8 Å². The van der Waals surface area contributed by atoms with Gasteiger partial charge in [0.1, 0.15) is 5.82 Å². The Hall–Kier alpha value is -3.64. The van der Waals surface area contributed by atoms with E-state index >= 15 is 0 Å². The second-order valence-corrected chi connectivity index (χ2v) is 6.90. The average Bonchev–Trinajstić information content (AvgIpc) is 3.08. The number of rotatable bonds is 4. The summed E-state index contributed by atoms with van der Waals surface area (Å²) >= 11 is 6.07. The molecule has 0 spiro atoms. The number of nitrogens with one attached hydrogen (secondary N) is 2. The lowest BCUT2D eigenvalue weighted by molar-refractivity contribution is 0.101. The second-order valence-electron chi connectivity index (χ2n) is 6.49. The summed E-state index contributed by atoms with van der Waals surface area (Å²) in [5.41, 5.74) is 1.20. The summed E-state index contributed by atoms with van der Waals surface area (Å²) in [4.78, 5) is 25.0. The summed E-state index contributed by atoms with van der Waals surface area (Å²) in [6.45, 7) is 0. The first-order chi connectivity index (χ1) is 14.0. The fraction of sp³-hybridized carbons (Fsp3) is 0.0455. The van der Waals surface area contributed by atoms with E-state index in [0.29, 0.717) is 22.1 Å². The van der Waals surface area contributed by atoms with E-state index in [9.17, 15) is 9.59 Å². The van der Waals surface area contributed by atoms with Gasteiger partial charge in [-0.05, 0) is 35.0 Å². The molecule has 0 saturated carbocycles. The van der Waals surface area contributed by atoms with Gasteiger partial charge in [0.15, 0.2) is 5.69 Å². The van der Waals surface area contributed by atoms with Crippen molar-refractivity contribution in [1.82, 2.24) is 9.78 Å². The molecule has 2 N–H and O–H groups in total. The lowest BCUT2D eigenvalue weighted by Gasteiger charge is -2.06. The van der Waals surface area contributed by atoms with Gasteiger partial charge in [-0.1, -0.05) is 54.1 Å². The minimum atomic E-state index is -0.375. The van der Waals surface area contributed by atoms with Crippen molar-refractivity contribution in [2.45, 2.75) is 0 Å². The molecule has 3 aromatic carbocycles. The highest BCUT2D eigenvalue weighted by atomic mass is 35.5. The number of aromatic nitrogens is 2. The number of halogens is 1. The van der Waals surface area contributed by atoms with Crippen LogP contribution in [0.2, 0.25) is 5.02 Å². The molecule has 4 aromatic rings. The lowest BCUT2D eigenvalue weighted by Crippen LogP contribution is -2.14. The number of carbonyl (C=O) groups excluding carboxylic acids is 2. The van der Waals surface area contributed by atoms with Crippen molar-refractivity contribution < 1.29 is 9.59 Å². The van der Waals surface area contributed by atoms with Gasteiger partial charge in [-0.2, -0.15) is 5.10 Å². The van der Waals surface area contributed by atoms with Crippen molar-refractivity contribution >= 4 is 45.7 Å². The fourth-order valence-electron chi connectivity index (χ4n) is 2.99. The normalized spacial score (nSPS) is 10.7. The number of fused-ring (bicyclic) bond motifs is 1. The number of hydrogen-bond donors (Lipinski definition) is 2. The molecule has 0 aliphatic heterocycles. The highest BCUT2D eigenvalue weighted by Crippen LogP contribution is 2.21. The number of nitrogens with zero attached hydrogens (tertiary/aromatic N) is 2. The van der Waals surface area contributed by atoms with Gasteiger partial charge in [-0.3, -0.25) is 14.3 Å². The number of carbonyl (C=O) groups is 2. The van der Waals surface area contributed by atoms with E-state index in [1.54, 1.807) is 31.3 Å². The van der Waals surface area contributed by atoms with Crippen LogP contribution in [0.5, 0.6) is 0 Å². The quantitative estimate of drug-likeness (QED) is 0.516. The van der Waals surface area contributed by atoms with Crippen LogP contribution < -0.4 is 10.6 Å². The highest BCUT2D eigenvalue weighted by molar-refractivity contribution is 6.34. The van der Waals surface area contributed by atoms with Crippen LogP contribution in [-0.4, -0.2) is 21.6 Å². The minimum absolute atomic E-state index is 0.190. The van der Waals surface area contributed by atoms with Gasteiger partial charge in [0, 0.05) is 18.8 Å². The monoisotopic (exact) mass is 404 g/mol. The molecule has 2 amide bonds. The summed E-state index contributed by atoms with van der Waals surface area (Å²) in [6, 6.07) is 21.8. The molecule has 0 aliphatic carbocycles. The van der Waals surface area contributed by atoms with Crippen LogP contribution >= 0.6 is 11.6 Å². The van der Waals surface area contributed by atoms with E-state index in [4.69, 9.17) is 11.6 Å². The summed E-state index contributed by atoms with van der Waals surface area (Å²) < 4.78 is 1.43. The Morgan fingerprint density at radius 1 is 0.862 bits per heavy atom. The zero-order chi connectivity index (χ0) is 20.4. The smallest absolute Gasteiger partial charge is 0.276 e. The maximum Gasteiger partial charge on any atom is 0.276 e. The van der Waals surface area contributed by atoms with E-state index in [1.807, 2.05) is 42.5 Å². The molecule has 0 atom stereocenters. The molecule has 0 radical (unpaired) electrons. The Balaban J connectivity index is 1.51. The summed E-state index contributed by atoms with van der Waals surface area (Å²) in [5.74, 6) is -0.354. The Morgan fingerprint density at radius 2 is 1.59 bits per heavy atom. The zero-order valence-electron chi connectivity index (χ0n) is 15.5. The van der Waals surface area contributed by atoms with Gasteiger partial charge in [-0.15, -0.1) is 0 Å². The topological polar surface area (TPSA) is 76.0 Å². The maximum absolute atomic E-state index is 12.6. The third-order valence-electron chi connectivity index (χ3n) is 4.48. The van der Waals surface area contributed by atoms with E-state index < -0.39 is 0 Å². The number of aryl methyl sites for hydroxylation is 1. The van der Waals surface area contributed by atoms with Crippen molar-refractivity contribution in [1.29, 1.82) is 0 Å². The molecule has 144 valence electrons. The molecule has 0 bridgehead atoms. The third kappa shape index (κ3) is 3.97. The minimum Gasteiger partial charge on any atom is -0.321 e. The van der Waals surface area contributed by atoms with Gasteiger partial charge >= 0.3 is 0 Å². The van der Waals surface area contributed by atoms with Gasteiger partial charge in [0.25, 0.3) is 11.8 Å². The first kappa shape index (κ1) is 18.7. The van der Waals surface area contributed by atoms with Gasteiger partial charge < -0.3 is 10.6 Å². The second kappa shape index (κ2) is 7.77. The summed E-state index contributed by atoms with van der Waals surface area (Å²) in [6.07, 6.45) is 0. The zero-order valence-corrected chi connectivity index (χ0v) is 16.3. The Morgan fingerprint density at radius 3 is 2.38 bits per heavy atom. The maximum atomic E-state index is 12.6. The Kier molecular flexibility index (Phi) is 5.01. The molecule has 0 fully saturated rings. The largest absolute Gasteiger partial charge is 0.321 e. The predicted molar refractivity (Wildman–Crippen MR) is 115 cm³/mol. The predicted octanol–water partition coefficient (Wildman–Crippen LogP) is 4.73. The summed E-state index contributed by atoms with van der Waals surface area (Å²) in [5, 5.41) is 12.2. The summed E-state index contributed by atoms with van der Waals surface area (Å²) in [7, 11) is 1.65. The number of hydrogen-bond acceptors (Lipinski definition) is 3. The van der Waals surface area contributed by atoms with Crippen LogP contribution in [0.25, 0.3) is 10.8 Å². The van der Waals surface area contributed by atoms with Crippen LogP contribution in [0.3, 0.4) is 0 Å². The first-order valence-corrected chi connectivity index (χ1v) is 9.29. The molecule has 0 unspecified atom stereocenters. The molecule has 1 aromatic heterocycles. The molecule has 29 heavy (non-hydrogen) atoms. The fourth-order valence-corrected chi connectivity index (χ4v) is 3.21. The van der Waals surface area contributed by atoms with Crippen molar-refractivity contribution in [3.63, 3.8) is 0 Å². The highest BCUT2D eigenvalue weighted by Gasteiger charge is 2.16. The van der Waals surface area contributed by atoms with E-state index in [0.717, 1.165) is 10.8 Å². The molecular formula is C22H17ClN4O2. The van der Waals surface area contributed by atoms with E-state index in [2.05, 4.69) is 15.7 Å². The molecular weight excluding hydrogens is 388 g/mol. The van der Waals surface area contributed by atoms with Gasteiger partial charge in [0.2, 0.25) is 0 Å². The molecule has 0 saturated heterocycles. The Bertz CT molecular complexity index is 1230. The molecule has 4 rings (SSSR count). The number of anilines is 2. The SMILES string of the molecule is Cn1nc(C(=O)Nc2ccc3ccccc3c2)cc1NC(=O)c1ccccc1Cl. The van der Waals surface area contributed by atoms with Gasteiger partial charge in [-0.25, -0.2) is 0 Å². The van der Waals surface area contributed by atoms with Crippen LogP contribution in [-0.2, 0) is 7.05 Å². The molecule has 6 nitrogen and oxygen atoms in total. The number of amides is 2. The van der Waals surface area contributed by atoms with Crippen molar-refractivity contribution in [3.05, 3.63) is 89.1 Å².